The van der Waals surface area contributed by atoms with Crippen LogP contribution in [0.15, 0.2) is 29.6 Å². The number of thiophene rings is 1. The number of nitrogens with two attached hydrogens (primary N) is 1. The minimum absolute atomic E-state index is 0.463. The smallest absolute Gasteiger partial charge is 0.126 e. The molecule has 0 bridgehead atoms. The van der Waals surface area contributed by atoms with Crippen molar-refractivity contribution >= 4 is 11.3 Å². The first-order chi connectivity index (χ1) is 8.11. The van der Waals surface area contributed by atoms with E-state index >= 15 is 0 Å². The fourth-order valence-electron chi connectivity index (χ4n) is 1.82. The summed E-state index contributed by atoms with van der Waals surface area (Å²) in [6.07, 6.45) is 0.865. The highest BCUT2D eigenvalue weighted by Gasteiger charge is 2.15. The summed E-state index contributed by atoms with van der Waals surface area (Å²) in [5.74, 6) is -1.19. The van der Waals surface area contributed by atoms with E-state index in [1.165, 1.54) is 23.5 Å². The highest BCUT2D eigenvalue weighted by atomic mass is 32.1. The summed E-state index contributed by atoms with van der Waals surface area (Å²) in [6, 6.07) is 4.95. The van der Waals surface area contributed by atoms with Crippen molar-refractivity contribution in [3.8, 4) is 0 Å². The van der Waals surface area contributed by atoms with Crippen LogP contribution >= 0.6 is 11.3 Å². The van der Waals surface area contributed by atoms with Crippen LogP contribution in [0.2, 0.25) is 0 Å². The Morgan fingerprint density at radius 1 is 1.24 bits per heavy atom. The maximum absolute atomic E-state index is 13.1. The fraction of sp³-hybridized carbons (Fsp3) is 0.231. The lowest BCUT2D eigenvalue weighted by atomic mass is 10.0. The molecule has 0 aliphatic rings. The van der Waals surface area contributed by atoms with Crippen LogP contribution in [-0.2, 0) is 6.42 Å². The largest absolute Gasteiger partial charge is 0.320 e. The van der Waals surface area contributed by atoms with Gasteiger partial charge in [0.2, 0.25) is 0 Å². The Bertz CT molecular complexity index is 502. The van der Waals surface area contributed by atoms with E-state index in [4.69, 9.17) is 5.73 Å². The van der Waals surface area contributed by atoms with Crippen molar-refractivity contribution in [3.63, 3.8) is 0 Å². The average Bonchev–Trinajstić information content (AvgIpc) is 2.74. The Balaban J connectivity index is 2.39. The van der Waals surface area contributed by atoms with Crippen molar-refractivity contribution in [3.05, 3.63) is 57.3 Å². The number of rotatable bonds is 3. The van der Waals surface area contributed by atoms with Crippen LogP contribution in [0.3, 0.4) is 0 Å². The summed E-state index contributed by atoms with van der Waals surface area (Å²) in [4.78, 5) is 0.970. The Hall–Kier alpha value is -1.26. The van der Waals surface area contributed by atoms with E-state index in [-0.39, 0.29) is 0 Å². The van der Waals surface area contributed by atoms with Gasteiger partial charge in [0.25, 0.3) is 0 Å². The van der Waals surface area contributed by atoms with Gasteiger partial charge in [-0.3, -0.25) is 0 Å². The molecule has 2 rings (SSSR count). The van der Waals surface area contributed by atoms with Gasteiger partial charge < -0.3 is 5.73 Å². The highest BCUT2D eigenvalue weighted by Crippen LogP contribution is 2.29. The van der Waals surface area contributed by atoms with E-state index in [1.807, 2.05) is 18.4 Å². The van der Waals surface area contributed by atoms with Gasteiger partial charge in [-0.05, 0) is 41.1 Å². The van der Waals surface area contributed by atoms with Crippen LogP contribution in [0.4, 0.5) is 8.78 Å². The molecule has 1 nitrogen and oxygen atoms in total. The maximum atomic E-state index is 13.1. The first kappa shape index (κ1) is 12.2. The maximum Gasteiger partial charge on any atom is 0.126 e. The topological polar surface area (TPSA) is 26.0 Å². The Morgan fingerprint density at radius 3 is 2.47 bits per heavy atom. The van der Waals surface area contributed by atoms with Crippen molar-refractivity contribution in [1.29, 1.82) is 0 Å². The molecule has 1 atom stereocenters. The van der Waals surface area contributed by atoms with Crippen molar-refractivity contribution < 1.29 is 8.78 Å². The summed E-state index contributed by atoms with van der Waals surface area (Å²) >= 11 is 1.52. The monoisotopic (exact) mass is 253 g/mol. The summed E-state index contributed by atoms with van der Waals surface area (Å²) < 4.78 is 26.2. The number of benzene rings is 1. The lowest BCUT2D eigenvalue weighted by molar-refractivity contribution is 0.577. The second kappa shape index (κ2) is 4.94. The van der Waals surface area contributed by atoms with Gasteiger partial charge >= 0.3 is 0 Å². The van der Waals surface area contributed by atoms with Gasteiger partial charge in [0, 0.05) is 10.9 Å². The quantitative estimate of drug-likeness (QED) is 0.888. The second-order valence-electron chi connectivity index (χ2n) is 3.84. The van der Waals surface area contributed by atoms with Gasteiger partial charge in [0.15, 0.2) is 0 Å². The zero-order valence-corrected chi connectivity index (χ0v) is 10.2. The molecule has 0 amide bonds. The standard InChI is InChI=1S/C13H13F2NS/c1-2-8-3-4-17-13(8)12(16)9-5-10(14)7-11(15)6-9/h3-7,12H,2,16H2,1H3. The van der Waals surface area contributed by atoms with E-state index in [0.29, 0.717) is 5.56 Å². The van der Waals surface area contributed by atoms with Gasteiger partial charge in [-0.1, -0.05) is 6.92 Å². The molecule has 2 N–H and O–H groups in total. The molecular weight excluding hydrogens is 240 g/mol. The number of hydrogen-bond acceptors (Lipinski definition) is 2. The summed E-state index contributed by atoms with van der Waals surface area (Å²) in [5.41, 5.74) is 7.66. The third-order valence-corrected chi connectivity index (χ3v) is 3.73. The predicted octanol–water partition coefficient (Wildman–Crippen LogP) is 3.64. The SMILES string of the molecule is CCc1ccsc1C(N)c1cc(F)cc(F)c1. The molecule has 90 valence electrons. The molecule has 4 heteroatoms. The molecule has 1 unspecified atom stereocenters. The number of halogens is 2. The molecule has 1 heterocycles. The first-order valence-corrected chi connectivity index (χ1v) is 6.27. The van der Waals surface area contributed by atoms with Crippen molar-refractivity contribution in [2.45, 2.75) is 19.4 Å². The molecule has 0 aliphatic carbocycles. The Kier molecular flexibility index (Phi) is 3.54. The van der Waals surface area contributed by atoms with Crippen LogP contribution in [-0.4, -0.2) is 0 Å². The van der Waals surface area contributed by atoms with Crippen LogP contribution in [0, 0.1) is 11.6 Å². The van der Waals surface area contributed by atoms with Gasteiger partial charge in [-0.2, -0.15) is 0 Å². The van der Waals surface area contributed by atoms with E-state index in [2.05, 4.69) is 0 Å². The molecular formula is C13H13F2NS. The Labute approximate surface area is 103 Å². The van der Waals surface area contributed by atoms with Crippen LogP contribution in [0.1, 0.15) is 29.0 Å². The third-order valence-electron chi connectivity index (χ3n) is 2.69. The normalized spacial score (nSPS) is 12.7. The molecule has 17 heavy (non-hydrogen) atoms. The summed E-state index contributed by atoms with van der Waals surface area (Å²) in [6.45, 7) is 2.03. The lowest BCUT2D eigenvalue weighted by Crippen LogP contribution is -2.12. The molecule has 0 radical (unpaired) electrons. The van der Waals surface area contributed by atoms with Crippen LogP contribution < -0.4 is 5.73 Å². The fourth-order valence-corrected chi connectivity index (χ4v) is 2.84. The van der Waals surface area contributed by atoms with E-state index < -0.39 is 17.7 Å². The van der Waals surface area contributed by atoms with Crippen molar-refractivity contribution in [2.75, 3.05) is 0 Å². The zero-order chi connectivity index (χ0) is 12.4. The van der Waals surface area contributed by atoms with Gasteiger partial charge in [-0.25, -0.2) is 8.78 Å². The lowest BCUT2D eigenvalue weighted by Gasteiger charge is -2.12. The molecule has 1 aromatic carbocycles. The number of hydrogen-bond donors (Lipinski definition) is 1. The third kappa shape index (κ3) is 2.53. The van der Waals surface area contributed by atoms with Crippen molar-refractivity contribution in [2.24, 2.45) is 5.73 Å². The minimum Gasteiger partial charge on any atom is -0.320 e. The molecule has 0 spiro atoms. The van der Waals surface area contributed by atoms with E-state index in [1.54, 1.807) is 0 Å². The van der Waals surface area contributed by atoms with Gasteiger partial charge in [0.05, 0.1) is 6.04 Å². The molecule has 0 saturated heterocycles. The zero-order valence-electron chi connectivity index (χ0n) is 9.41. The van der Waals surface area contributed by atoms with E-state index in [9.17, 15) is 8.78 Å². The molecule has 0 saturated carbocycles. The summed E-state index contributed by atoms with van der Waals surface area (Å²) in [7, 11) is 0. The van der Waals surface area contributed by atoms with Crippen molar-refractivity contribution in [1.82, 2.24) is 0 Å². The highest BCUT2D eigenvalue weighted by molar-refractivity contribution is 7.10. The molecule has 1 aromatic heterocycles. The molecule has 0 aliphatic heterocycles. The van der Waals surface area contributed by atoms with E-state index in [0.717, 1.165) is 22.9 Å². The van der Waals surface area contributed by atoms with Gasteiger partial charge in [-0.15, -0.1) is 11.3 Å². The average molecular weight is 253 g/mol. The predicted molar refractivity (Wildman–Crippen MR) is 66.1 cm³/mol. The van der Waals surface area contributed by atoms with Crippen LogP contribution in [0.25, 0.3) is 0 Å². The van der Waals surface area contributed by atoms with Crippen LogP contribution in [0.5, 0.6) is 0 Å². The van der Waals surface area contributed by atoms with Gasteiger partial charge in [0.1, 0.15) is 11.6 Å². The second-order valence-corrected chi connectivity index (χ2v) is 4.79. The first-order valence-electron chi connectivity index (χ1n) is 5.39. The molecule has 0 fully saturated rings. The molecule has 2 aromatic rings. The minimum atomic E-state index is -0.593. The summed E-state index contributed by atoms with van der Waals surface area (Å²) in [5, 5.41) is 1.95. The number of aryl methyl sites for hydroxylation is 1. The Morgan fingerprint density at radius 2 is 1.88 bits per heavy atom.